The SMILES string of the molecule is CCOC(=O)C1CCN(C(=O)OC(C)(C)C)CC1O. The molecule has 110 valence electrons. The fraction of sp³-hybridized carbons (Fsp3) is 0.846. The number of ether oxygens (including phenoxy) is 2. The van der Waals surface area contributed by atoms with Crippen molar-refractivity contribution in [1.29, 1.82) is 0 Å². The number of amides is 1. The Labute approximate surface area is 113 Å². The second kappa shape index (κ2) is 6.23. The summed E-state index contributed by atoms with van der Waals surface area (Å²) in [6, 6.07) is 0. The zero-order chi connectivity index (χ0) is 14.6. The summed E-state index contributed by atoms with van der Waals surface area (Å²) in [5.74, 6) is -0.961. The predicted molar refractivity (Wildman–Crippen MR) is 68.6 cm³/mol. The lowest BCUT2D eigenvalue weighted by atomic mass is 9.94. The Kier molecular flexibility index (Phi) is 5.17. The molecule has 1 aliphatic rings. The second-order valence-electron chi connectivity index (χ2n) is 5.64. The Bertz CT molecular complexity index is 336. The van der Waals surface area contributed by atoms with Gasteiger partial charge in [-0.3, -0.25) is 4.79 Å². The predicted octanol–water partition coefficient (Wildman–Crippen LogP) is 1.17. The molecule has 1 aliphatic heterocycles. The first-order chi connectivity index (χ1) is 8.74. The standard InChI is InChI=1S/C13H23NO5/c1-5-18-11(16)9-6-7-14(8-10(9)15)12(17)19-13(2,3)4/h9-10,15H,5-8H2,1-4H3. The number of rotatable bonds is 2. The number of aliphatic hydroxyl groups excluding tert-OH is 1. The van der Waals surface area contributed by atoms with Gasteiger partial charge in [-0.2, -0.15) is 0 Å². The van der Waals surface area contributed by atoms with Gasteiger partial charge in [0.05, 0.1) is 25.2 Å². The van der Waals surface area contributed by atoms with Crippen LogP contribution in [0.1, 0.15) is 34.1 Å². The van der Waals surface area contributed by atoms with Crippen LogP contribution in [0.15, 0.2) is 0 Å². The van der Waals surface area contributed by atoms with Gasteiger partial charge >= 0.3 is 12.1 Å². The number of piperidine rings is 1. The molecule has 6 heteroatoms. The number of β-amino-alcohol motifs (C(OH)–C–C–N with tert-alkyl or cyclic N) is 1. The van der Waals surface area contributed by atoms with Gasteiger partial charge in [-0.25, -0.2) is 4.79 Å². The van der Waals surface area contributed by atoms with E-state index in [4.69, 9.17) is 9.47 Å². The highest BCUT2D eigenvalue weighted by Crippen LogP contribution is 2.21. The van der Waals surface area contributed by atoms with Crippen molar-refractivity contribution in [3.05, 3.63) is 0 Å². The lowest BCUT2D eigenvalue weighted by molar-refractivity contribution is -0.154. The third-order valence-corrected chi connectivity index (χ3v) is 2.82. The normalized spacial score (nSPS) is 23.9. The first-order valence-electron chi connectivity index (χ1n) is 6.57. The van der Waals surface area contributed by atoms with Crippen LogP contribution < -0.4 is 0 Å². The van der Waals surface area contributed by atoms with Crippen molar-refractivity contribution >= 4 is 12.1 Å². The Hall–Kier alpha value is -1.30. The van der Waals surface area contributed by atoms with E-state index in [9.17, 15) is 14.7 Å². The van der Waals surface area contributed by atoms with Gasteiger partial charge in [0.2, 0.25) is 0 Å². The largest absolute Gasteiger partial charge is 0.466 e. The van der Waals surface area contributed by atoms with E-state index in [0.29, 0.717) is 13.0 Å². The minimum absolute atomic E-state index is 0.0956. The maximum Gasteiger partial charge on any atom is 0.410 e. The molecule has 0 saturated carbocycles. The number of esters is 1. The van der Waals surface area contributed by atoms with Crippen molar-refractivity contribution in [2.45, 2.75) is 45.8 Å². The molecule has 2 atom stereocenters. The molecule has 1 saturated heterocycles. The number of nitrogens with zero attached hydrogens (tertiary/aromatic N) is 1. The smallest absolute Gasteiger partial charge is 0.410 e. The summed E-state index contributed by atoms with van der Waals surface area (Å²) in [6.07, 6.45) is -0.978. The summed E-state index contributed by atoms with van der Waals surface area (Å²) in [5, 5.41) is 9.93. The number of carbonyl (C=O) groups excluding carboxylic acids is 2. The molecule has 19 heavy (non-hydrogen) atoms. The Morgan fingerprint density at radius 2 is 2.00 bits per heavy atom. The molecule has 1 amide bonds. The summed E-state index contributed by atoms with van der Waals surface area (Å²) < 4.78 is 10.1. The molecule has 0 aliphatic carbocycles. The van der Waals surface area contributed by atoms with E-state index in [2.05, 4.69) is 0 Å². The van der Waals surface area contributed by atoms with Gasteiger partial charge in [0.1, 0.15) is 5.60 Å². The molecule has 2 unspecified atom stereocenters. The van der Waals surface area contributed by atoms with Crippen LogP contribution in [0.3, 0.4) is 0 Å². The zero-order valence-corrected chi connectivity index (χ0v) is 12.0. The van der Waals surface area contributed by atoms with Gasteiger partial charge in [0.15, 0.2) is 0 Å². The number of hydrogen-bond donors (Lipinski definition) is 1. The minimum Gasteiger partial charge on any atom is -0.466 e. The third-order valence-electron chi connectivity index (χ3n) is 2.82. The van der Waals surface area contributed by atoms with Crippen LogP contribution in [0, 0.1) is 5.92 Å². The molecular formula is C13H23NO5. The molecule has 0 aromatic rings. The molecule has 1 heterocycles. The topological polar surface area (TPSA) is 76.1 Å². The molecule has 0 aromatic carbocycles. The van der Waals surface area contributed by atoms with Crippen molar-refractivity contribution in [2.75, 3.05) is 19.7 Å². The zero-order valence-electron chi connectivity index (χ0n) is 12.0. The first kappa shape index (κ1) is 15.8. The van der Waals surface area contributed by atoms with Gasteiger partial charge in [-0.15, -0.1) is 0 Å². The molecule has 0 radical (unpaired) electrons. The highest BCUT2D eigenvalue weighted by atomic mass is 16.6. The van der Waals surface area contributed by atoms with E-state index in [0.717, 1.165) is 0 Å². The summed E-state index contributed by atoms with van der Waals surface area (Å²) in [6.45, 7) is 7.85. The molecule has 1 rings (SSSR count). The Morgan fingerprint density at radius 3 is 2.47 bits per heavy atom. The van der Waals surface area contributed by atoms with E-state index >= 15 is 0 Å². The quantitative estimate of drug-likeness (QED) is 0.764. The highest BCUT2D eigenvalue weighted by molar-refractivity contribution is 5.74. The van der Waals surface area contributed by atoms with Gasteiger partial charge in [0.25, 0.3) is 0 Å². The number of carbonyl (C=O) groups is 2. The number of hydrogen-bond acceptors (Lipinski definition) is 5. The van der Waals surface area contributed by atoms with Crippen molar-refractivity contribution in [3.8, 4) is 0 Å². The summed E-state index contributed by atoms with van der Waals surface area (Å²) >= 11 is 0. The Morgan fingerprint density at radius 1 is 1.37 bits per heavy atom. The molecular weight excluding hydrogens is 250 g/mol. The summed E-state index contributed by atoms with van der Waals surface area (Å²) in [4.78, 5) is 24.9. The van der Waals surface area contributed by atoms with E-state index < -0.39 is 29.7 Å². The third kappa shape index (κ3) is 4.70. The maximum absolute atomic E-state index is 11.8. The second-order valence-corrected chi connectivity index (χ2v) is 5.64. The van der Waals surface area contributed by atoms with E-state index in [1.807, 2.05) is 0 Å². The van der Waals surface area contributed by atoms with Crippen molar-refractivity contribution in [3.63, 3.8) is 0 Å². The van der Waals surface area contributed by atoms with Gasteiger partial charge in [0, 0.05) is 6.54 Å². The van der Waals surface area contributed by atoms with Crippen LogP contribution in [0.5, 0.6) is 0 Å². The van der Waals surface area contributed by atoms with Gasteiger partial charge < -0.3 is 19.5 Å². The van der Waals surface area contributed by atoms with E-state index in [-0.39, 0.29) is 13.2 Å². The van der Waals surface area contributed by atoms with Crippen molar-refractivity contribution in [1.82, 2.24) is 4.90 Å². The molecule has 6 nitrogen and oxygen atoms in total. The molecule has 1 N–H and O–H groups in total. The molecule has 1 fully saturated rings. The Balaban J connectivity index is 2.54. The lowest BCUT2D eigenvalue weighted by Crippen LogP contribution is -2.50. The highest BCUT2D eigenvalue weighted by Gasteiger charge is 2.36. The van der Waals surface area contributed by atoms with Crippen molar-refractivity contribution < 1.29 is 24.2 Å². The molecule has 0 spiro atoms. The number of aliphatic hydroxyl groups is 1. The average Bonchev–Trinajstić information content (AvgIpc) is 2.26. The maximum atomic E-state index is 11.8. The van der Waals surface area contributed by atoms with Crippen LogP contribution in [0.25, 0.3) is 0 Å². The fourth-order valence-corrected chi connectivity index (χ4v) is 1.95. The van der Waals surface area contributed by atoms with Gasteiger partial charge in [-0.05, 0) is 34.1 Å². The molecule has 0 aromatic heterocycles. The van der Waals surface area contributed by atoms with Crippen LogP contribution in [-0.4, -0.2) is 53.5 Å². The van der Waals surface area contributed by atoms with E-state index in [1.165, 1.54) is 4.90 Å². The average molecular weight is 273 g/mol. The molecule has 0 bridgehead atoms. The summed E-state index contributed by atoms with van der Waals surface area (Å²) in [7, 11) is 0. The van der Waals surface area contributed by atoms with E-state index in [1.54, 1.807) is 27.7 Å². The first-order valence-corrected chi connectivity index (χ1v) is 6.57. The van der Waals surface area contributed by atoms with Crippen LogP contribution in [0.4, 0.5) is 4.79 Å². The van der Waals surface area contributed by atoms with Crippen LogP contribution in [-0.2, 0) is 14.3 Å². The van der Waals surface area contributed by atoms with Crippen molar-refractivity contribution in [2.24, 2.45) is 5.92 Å². The van der Waals surface area contributed by atoms with Crippen LogP contribution >= 0.6 is 0 Å². The monoisotopic (exact) mass is 273 g/mol. The fourth-order valence-electron chi connectivity index (χ4n) is 1.95. The summed E-state index contributed by atoms with van der Waals surface area (Å²) in [5.41, 5.74) is -0.569. The minimum atomic E-state index is -0.902. The number of likely N-dealkylation sites (tertiary alicyclic amines) is 1. The van der Waals surface area contributed by atoms with Crippen LogP contribution in [0.2, 0.25) is 0 Å². The lowest BCUT2D eigenvalue weighted by Gasteiger charge is -2.35. The van der Waals surface area contributed by atoms with Gasteiger partial charge in [-0.1, -0.05) is 0 Å².